The Hall–Kier alpha value is -2.53. The fourth-order valence-corrected chi connectivity index (χ4v) is 3.09. The number of carbonyl (C=O) groups excluding carboxylic acids is 1. The van der Waals surface area contributed by atoms with Crippen LogP contribution in [0.15, 0.2) is 54.2 Å². The van der Waals surface area contributed by atoms with Gasteiger partial charge in [-0.2, -0.15) is 0 Å². The van der Waals surface area contributed by atoms with E-state index in [0.29, 0.717) is 17.5 Å². The molecule has 0 unspecified atom stereocenters. The molecule has 1 amide bonds. The number of carbonyl (C=O) groups is 1. The van der Waals surface area contributed by atoms with Crippen LogP contribution in [0.25, 0.3) is 11.3 Å². The number of rotatable bonds is 5. The lowest BCUT2D eigenvalue weighted by Crippen LogP contribution is -2.14. The Morgan fingerprint density at radius 3 is 2.50 bits per heavy atom. The normalized spacial score (nSPS) is 10.8. The minimum atomic E-state index is -0.0528. The molecule has 0 saturated carbocycles. The first-order chi connectivity index (χ1) is 11.6. The first-order valence-electron chi connectivity index (χ1n) is 7.86. The van der Waals surface area contributed by atoms with Gasteiger partial charge < -0.3 is 5.32 Å². The lowest BCUT2D eigenvalue weighted by Gasteiger charge is -2.06. The molecule has 0 spiro atoms. The molecule has 1 aromatic carbocycles. The number of amides is 1. The molecule has 0 fully saturated rings. The predicted octanol–water partition coefficient (Wildman–Crippen LogP) is 4.51. The molecule has 5 heteroatoms. The van der Waals surface area contributed by atoms with E-state index in [1.807, 2.05) is 29.6 Å². The van der Waals surface area contributed by atoms with Crippen molar-refractivity contribution >= 4 is 22.4 Å². The molecule has 2 heterocycles. The van der Waals surface area contributed by atoms with Crippen LogP contribution < -0.4 is 5.32 Å². The van der Waals surface area contributed by atoms with Crippen LogP contribution in [0.5, 0.6) is 0 Å². The Morgan fingerprint density at radius 2 is 1.83 bits per heavy atom. The largest absolute Gasteiger partial charge is 0.302 e. The number of anilines is 1. The van der Waals surface area contributed by atoms with Gasteiger partial charge in [-0.1, -0.05) is 38.1 Å². The van der Waals surface area contributed by atoms with Crippen LogP contribution in [0.4, 0.5) is 5.13 Å². The summed E-state index contributed by atoms with van der Waals surface area (Å²) < 4.78 is 0. The van der Waals surface area contributed by atoms with E-state index < -0.39 is 0 Å². The summed E-state index contributed by atoms with van der Waals surface area (Å²) in [5.41, 5.74) is 4.12. The smallest absolute Gasteiger partial charge is 0.230 e. The van der Waals surface area contributed by atoms with E-state index in [1.54, 1.807) is 12.4 Å². The van der Waals surface area contributed by atoms with Gasteiger partial charge in [-0.3, -0.25) is 9.78 Å². The highest BCUT2D eigenvalue weighted by Crippen LogP contribution is 2.24. The van der Waals surface area contributed by atoms with Crippen molar-refractivity contribution in [2.75, 3.05) is 5.32 Å². The summed E-state index contributed by atoms with van der Waals surface area (Å²) in [6.07, 6.45) is 3.81. The van der Waals surface area contributed by atoms with Gasteiger partial charge in [0.05, 0.1) is 12.1 Å². The zero-order chi connectivity index (χ0) is 16.9. The molecule has 122 valence electrons. The summed E-state index contributed by atoms with van der Waals surface area (Å²) in [7, 11) is 0. The van der Waals surface area contributed by atoms with Crippen LogP contribution in [0.1, 0.15) is 30.9 Å². The Morgan fingerprint density at radius 1 is 1.12 bits per heavy atom. The molecule has 3 rings (SSSR count). The van der Waals surface area contributed by atoms with Crippen molar-refractivity contribution in [1.82, 2.24) is 9.97 Å². The molecular formula is C19H19N3OS. The number of thiazole rings is 1. The average Bonchev–Trinajstić information content (AvgIpc) is 3.04. The van der Waals surface area contributed by atoms with Crippen LogP contribution in [0, 0.1) is 0 Å². The van der Waals surface area contributed by atoms with Gasteiger partial charge in [-0.25, -0.2) is 4.98 Å². The molecule has 0 aliphatic heterocycles. The lowest BCUT2D eigenvalue weighted by atomic mass is 10.0. The average molecular weight is 337 g/mol. The zero-order valence-corrected chi connectivity index (χ0v) is 14.5. The monoisotopic (exact) mass is 337 g/mol. The predicted molar refractivity (Wildman–Crippen MR) is 98.2 cm³/mol. The summed E-state index contributed by atoms with van der Waals surface area (Å²) in [4.78, 5) is 20.6. The number of hydrogen-bond acceptors (Lipinski definition) is 4. The van der Waals surface area contributed by atoms with Gasteiger partial charge in [0, 0.05) is 23.3 Å². The maximum atomic E-state index is 12.2. The Bertz CT molecular complexity index is 810. The zero-order valence-electron chi connectivity index (χ0n) is 13.7. The van der Waals surface area contributed by atoms with Gasteiger partial charge >= 0.3 is 0 Å². The van der Waals surface area contributed by atoms with Crippen molar-refractivity contribution in [3.8, 4) is 11.3 Å². The first-order valence-corrected chi connectivity index (χ1v) is 8.74. The fraction of sp³-hybridized carbons (Fsp3) is 0.211. The lowest BCUT2D eigenvalue weighted by molar-refractivity contribution is -0.115. The van der Waals surface area contributed by atoms with E-state index in [2.05, 4.69) is 41.3 Å². The molecule has 0 atom stereocenters. The number of pyridine rings is 1. The fourth-order valence-electron chi connectivity index (χ4n) is 2.36. The van der Waals surface area contributed by atoms with Gasteiger partial charge in [0.25, 0.3) is 0 Å². The Balaban J connectivity index is 1.62. The van der Waals surface area contributed by atoms with Crippen LogP contribution in [-0.4, -0.2) is 15.9 Å². The molecule has 0 radical (unpaired) electrons. The third kappa shape index (κ3) is 4.06. The quantitative estimate of drug-likeness (QED) is 0.745. The minimum absolute atomic E-state index is 0.0528. The molecule has 0 bridgehead atoms. The number of nitrogens with one attached hydrogen (secondary N) is 1. The standard InChI is InChI=1S/C19H19N3OS/c1-13(2)15-5-3-14(4-6-15)11-18(23)22-19-21-17(12-24-19)16-7-9-20-10-8-16/h3-10,12-13H,11H2,1-2H3,(H,21,22,23). The summed E-state index contributed by atoms with van der Waals surface area (Å²) in [6.45, 7) is 4.31. The number of hydrogen-bond donors (Lipinski definition) is 1. The molecule has 1 N–H and O–H groups in total. The Kier molecular flexibility index (Phi) is 5.01. The van der Waals surface area contributed by atoms with Crippen molar-refractivity contribution < 1.29 is 4.79 Å². The highest BCUT2D eigenvalue weighted by Gasteiger charge is 2.09. The van der Waals surface area contributed by atoms with E-state index in [1.165, 1.54) is 16.9 Å². The van der Waals surface area contributed by atoms with Gasteiger partial charge in [0.2, 0.25) is 5.91 Å². The van der Waals surface area contributed by atoms with Crippen LogP contribution in [-0.2, 0) is 11.2 Å². The molecule has 0 aliphatic carbocycles. The van der Waals surface area contributed by atoms with Gasteiger partial charge in [0.15, 0.2) is 5.13 Å². The second-order valence-corrected chi connectivity index (χ2v) is 6.75. The van der Waals surface area contributed by atoms with Crippen molar-refractivity contribution in [2.45, 2.75) is 26.2 Å². The highest BCUT2D eigenvalue weighted by molar-refractivity contribution is 7.14. The molecule has 2 aromatic heterocycles. The van der Waals surface area contributed by atoms with E-state index >= 15 is 0 Å². The first kappa shape index (κ1) is 16.3. The molecule has 4 nitrogen and oxygen atoms in total. The SMILES string of the molecule is CC(C)c1ccc(CC(=O)Nc2nc(-c3ccncc3)cs2)cc1. The second kappa shape index (κ2) is 7.36. The third-order valence-electron chi connectivity index (χ3n) is 3.74. The van der Waals surface area contributed by atoms with Crippen molar-refractivity contribution in [3.05, 3.63) is 65.3 Å². The van der Waals surface area contributed by atoms with Gasteiger partial charge in [0.1, 0.15) is 0 Å². The molecule has 3 aromatic rings. The van der Waals surface area contributed by atoms with E-state index in [4.69, 9.17) is 0 Å². The number of benzene rings is 1. The molecule has 0 saturated heterocycles. The highest BCUT2D eigenvalue weighted by atomic mass is 32.1. The summed E-state index contributed by atoms with van der Waals surface area (Å²) in [5, 5.41) is 5.42. The van der Waals surface area contributed by atoms with Crippen molar-refractivity contribution in [1.29, 1.82) is 0 Å². The third-order valence-corrected chi connectivity index (χ3v) is 4.50. The van der Waals surface area contributed by atoms with Crippen LogP contribution in [0.2, 0.25) is 0 Å². The van der Waals surface area contributed by atoms with Gasteiger partial charge in [-0.15, -0.1) is 11.3 Å². The topological polar surface area (TPSA) is 54.9 Å². The summed E-state index contributed by atoms with van der Waals surface area (Å²) in [6, 6.07) is 12.0. The van der Waals surface area contributed by atoms with Gasteiger partial charge in [-0.05, 0) is 29.2 Å². The maximum Gasteiger partial charge on any atom is 0.230 e. The van der Waals surface area contributed by atoms with Crippen molar-refractivity contribution in [3.63, 3.8) is 0 Å². The molecule has 0 aliphatic rings. The van der Waals surface area contributed by atoms with Crippen LogP contribution in [0.3, 0.4) is 0 Å². The summed E-state index contributed by atoms with van der Waals surface area (Å²) >= 11 is 1.43. The van der Waals surface area contributed by atoms with E-state index in [0.717, 1.165) is 16.8 Å². The second-order valence-electron chi connectivity index (χ2n) is 5.90. The number of nitrogens with zero attached hydrogens (tertiary/aromatic N) is 2. The van der Waals surface area contributed by atoms with E-state index in [9.17, 15) is 4.79 Å². The maximum absolute atomic E-state index is 12.2. The Labute approximate surface area is 145 Å². The van der Waals surface area contributed by atoms with E-state index in [-0.39, 0.29) is 5.91 Å². The summed E-state index contributed by atoms with van der Waals surface area (Å²) in [5.74, 6) is 0.442. The van der Waals surface area contributed by atoms with Crippen LogP contribution >= 0.6 is 11.3 Å². The molecular weight excluding hydrogens is 318 g/mol. The van der Waals surface area contributed by atoms with Crippen molar-refractivity contribution in [2.24, 2.45) is 0 Å². The number of aromatic nitrogens is 2. The minimum Gasteiger partial charge on any atom is -0.302 e. The molecule has 24 heavy (non-hydrogen) atoms.